The lowest BCUT2D eigenvalue weighted by molar-refractivity contribution is -0.127. The molecule has 0 saturated heterocycles. The monoisotopic (exact) mass is 210 g/mol. The maximum absolute atomic E-state index is 12.0. The summed E-state index contributed by atoms with van der Waals surface area (Å²) < 4.78 is 0. The highest BCUT2D eigenvalue weighted by Crippen LogP contribution is 2.54. The van der Waals surface area contributed by atoms with Gasteiger partial charge in [-0.1, -0.05) is 0 Å². The first-order valence-electron chi connectivity index (χ1n) is 5.97. The average molecular weight is 210 g/mol. The van der Waals surface area contributed by atoms with Crippen LogP contribution in [0.25, 0.3) is 0 Å². The molecule has 3 atom stereocenters. The summed E-state index contributed by atoms with van der Waals surface area (Å²) in [6, 6.07) is -0.0163. The van der Waals surface area contributed by atoms with Crippen molar-refractivity contribution >= 4 is 5.91 Å². The minimum atomic E-state index is -0.288. The standard InChI is InChI=1S/C12H22N2O/c1-7(13)12(2,3)14-11(15)10-5-8-4-9(8)6-10/h7-10H,4-6,13H2,1-3H3,(H,14,15). The van der Waals surface area contributed by atoms with Gasteiger partial charge < -0.3 is 11.1 Å². The van der Waals surface area contributed by atoms with Gasteiger partial charge in [-0.2, -0.15) is 0 Å². The van der Waals surface area contributed by atoms with Gasteiger partial charge in [0.2, 0.25) is 5.91 Å². The highest BCUT2D eigenvalue weighted by molar-refractivity contribution is 5.80. The molecule has 3 N–H and O–H groups in total. The first-order valence-corrected chi connectivity index (χ1v) is 5.97. The van der Waals surface area contributed by atoms with E-state index < -0.39 is 0 Å². The fourth-order valence-corrected chi connectivity index (χ4v) is 2.46. The van der Waals surface area contributed by atoms with Crippen molar-refractivity contribution in [1.29, 1.82) is 0 Å². The highest BCUT2D eigenvalue weighted by Gasteiger charge is 2.48. The van der Waals surface area contributed by atoms with E-state index in [1.165, 1.54) is 6.42 Å². The second-order valence-corrected chi connectivity index (χ2v) is 5.92. The van der Waals surface area contributed by atoms with Gasteiger partial charge in [-0.25, -0.2) is 0 Å². The van der Waals surface area contributed by atoms with E-state index in [0.717, 1.165) is 24.7 Å². The number of carbonyl (C=O) groups excluding carboxylic acids is 1. The minimum absolute atomic E-state index is 0.0163. The number of nitrogens with two attached hydrogens (primary N) is 1. The van der Waals surface area contributed by atoms with Crippen LogP contribution in [0.5, 0.6) is 0 Å². The van der Waals surface area contributed by atoms with Gasteiger partial charge in [-0.3, -0.25) is 4.79 Å². The van der Waals surface area contributed by atoms with Gasteiger partial charge in [0.1, 0.15) is 0 Å². The van der Waals surface area contributed by atoms with Crippen LogP contribution in [0.15, 0.2) is 0 Å². The van der Waals surface area contributed by atoms with Crippen molar-refractivity contribution in [1.82, 2.24) is 5.32 Å². The van der Waals surface area contributed by atoms with Crippen molar-refractivity contribution in [3.05, 3.63) is 0 Å². The molecular weight excluding hydrogens is 188 g/mol. The molecule has 0 radical (unpaired) electrons. The van der Waals surface area contributed by atoms with E-state index in [1.807, 2.05) is 20.8 Å². The van der Waals surface area contributed by atoms with Crippen LogP contribution in [0.1, 0.15) is 40.0 Å². The van der Waals surface area contributed by atoms with Crippen LogP contribution in [-0.2, 0) is 4.79 Å². The summed E-state index contributed by atoms with van der Waals surface area (Å²) in [6.45, 7) is 5.92. The third-order valence-corrected chi connectivity index (χ3v) is 4.20. The van der Waals surface area contributed by atoms with Crippen molar-refractivity contribution in [2.45, 2.75) is 51.6 Å². The van der Waals surface area contributed by atoms with Gasteiger partial charge in [0.15, 0.2) is 0 Å². The molecule has 15 heavy (non-hydrogen) atoms. The van der Waals surface area contributed by atoms with Crippen LogP contribution < -0.4 is 11.1 Å². The fraction of sp³-hybridized carbons (Fsp3) is 0.917. The van der Waals surface area contributed by atoms with Crippen LogP contribution >= 0.6 is 0 Å². The van der Waals surface area contributed by atoms with Crippen molar-refractivity contribution in [3.8, 4) is 0 Å². The number of hydrogen-bond acceptors (Lipinski definition) is 2. The Balaban J connectivity index is 1.86. The molecule has 0 spiro atoms. The van der Waals surface area contributed by atoms with E-state index in [4.69, 9.17) is 5.73 Å². The molecular formula is C12H22N2O. The van der Waals surface area contributed by atoms with Crippen LogP contribution in [0.3, 0.4) is 0 Å². The second kappa shape index (κ2) is 3.48. The molecule has 0 aromatic heterocycles. The predicted octanol–water partition coefficient (Wildman–Crippen LogP) is 1.27. The Kier molecular flexibility index (Phi) is 2.53. The van der Waals surface area contributed by atoms with Crippen molar-refractivity contribution in [2.24, 2.45) is 23.5 Å². The molecule has 0 aromatic carbocycles. The Hall–Kier alpha value is -0.570. The van der Waals surface area contributed by atoms with Gasteiger partial charge in [-0.05, 0) is 51.9 Å². The van der Waals surface area contributed by atoms with Crippen molar-refractivity contribution in [2.75, 3.05) is 0 Å². The molecule has 86 valence electrons. The first kappa shape index (κ1) is 10.9. The quantitative estimate of drug-likeness (QED) is 0.737. The van der Waals surface area contributed by atoms with Crippen LogP contribution in [-0.4, -0.2) is 17.5 Å². The Morgan fingerprint density at radius 1 is 1.33 bits per heavy atom. The molecule has 2 aliphatic rings. The third kappa shape index (κ3) is 2.17. The summed E-state index contributed by atoms with van der Waals surface area (Å²) in [6.07, 6.45) is 3.57. The maximum atomic E-state index is 12.0. The number of amides is 1. The van der Waals surface area contributed by atoms with Gasteiger partial charge in [0.25, 0.3) is 0 Å². The maximum Gasteiger partial charge on any atom is 0.223 e. The van der Waals surface area contributed by atoms with E-state index in [0.29, 0.717) is 0 Å². The van der Waals surface area contributed by atoms with Crippen LogP contribution in [0.4, 0.5) is 0 Å². The lowest BCUT2D eigenvalue weighted by atomic mass is 9.94. The van der Waals surface area contributed by atoms with Gasteiger partial charge >= 0.3 is 0 Å². The molecule has 3 unspecified atom stereocenters. The molecule has 0 heterocycles. The molecule has 3 heteroatoms. The second-order valence-electron chi connectivity index (χ2n) is 5.92. The van der Waals surface area contributed by atoms with Crippen LogP contribution in [0.2, 0.25) is 0 Å². The zero-order chi connectivity index (χ0) is 11.2. The zero-order valence-electron chi connectivity index (χ0n) is 9.92. The minimum Gasteiger partial charge on any atom is -0.349 e. The predicted molar refractivity (Wildman–Crippen MR) is 60.2 cm³/mol. The first-order chi connectivity index (χ1) is 6.90. The molecule has 2 aliphatic carbocycles. The zero-order valence-corrected chi connectivity index (χ0v) is 9.92. The molecule has 0 aromatic rings. The van der Waals surface area contributed by atoms with Crippen LogP contribution in [0, 0.1) is 17.8 Å². The smallest absolute Gasteiger partial charge is 0.223 e. The molecule has 3 nitrogen and oxygen atoms in total. The Morgan fingerprint density at radius 2 is 1.87 bits per heavy atom. The lowest BCUT2D eigenvalue weighted by Crippen LogP contribution is -2.55. The summed E-state index contributed by atoms with van der Waals surface area (Å²) in [7, 11) is 0. The molecule has 2 rings (SSSR count). The topological polar surface area (TPSA) is 55.1 Å². The summed E-state index contributed by atoms with van der Waals surface area (Å²) >= 11 is 0. The number of fused-ring (bicyclic) bond motifs is 1. The SMILES string of the molecule is CC(N)C(C)(C)NC(=O)C1CC2CC2C1. The summed E-state index contributed by atoms with van der Waals surface area (Å²) in [5.41, 5.74) is 5.55. The lowest BCUT2D eigenvalue weighted by Gasteiger charge is -2.31. The normalized spacial score (nSPS) is 35.9. The van der Waals surface area contributed by atoms with E-state index >= 15 is 0 Å². The Labute approximate surface area is 91.8 Å². The van der Waals surface area contributed by atoms with E-state index in [-0.39, 0.29) is 23.4 Å². The summed E-state index contributed by atoms with van der Waals surface area (Å²) in [4.78, 5) is 12.0. The van der Waals surface area contributed by atoms with Gasteiger partial charge in [-0.15, -0.1) is 0 Å². The summed E-state index contributed by atoms with van der Waals surface area (Å²) in [5, 5.41) is 3.07. The van der Waals surface area contributed by atoms with Crippen molar-refractivity contribution < 1.29 is 4.79 Å². The number of hydrogen-bond donors (Lipinski definition) is 2. The van der Waals surface area contributed by atoms with Gasteiger partial charge in [0.05, 0.1) is 0 Å². The van der Waals surface area contributed by atoms with E-state index in [9.17, 15) is 4.79 Å². The Morgan fingerprint density at radius 3 is 2.33 bits per heavy atom. The Bertz CT molecular complexity index is 263. The molecule has 0 bridgehead atoms. The molecule has 0 aliphatic heterocycles. The molecule has 2 saturated carbocycles. The van der Waals surface area contributed by atoms with E-state index in [1.54, 1.807) is 0 Å². The molecule has 2 fully saturated rings. The third-order valence-electron chi connectivity index (χ3n) is 4.20. The van der Waals surface area contributed by atoms with E-state index in [2.05, 4.69) is 5.32 Å². The molecule has 1 amide bonds. The number of rotatable bonds is 3. The van der Waals surface area contributed by atoms with Crippen molar-refractivity contribution in [3.63, 3.8) is 0 Å². The average Bonchev–Trinajstić information content (AvgIpc) is 2.72. The largest absolute Gasteiger partial charge is 0.349 e. The number of carbonyl (C=O) groups is 1. The highest BCUT2D eigenvalue weighted by atomic mass is 16.2. The fourth-order valence-electron chi connectivity index (χ4n) is 2.46. The summed E-state index contributed by atoms with van der Waals surface area (Å²) in [5.74, 6) is 2.19. The number of nitrogens with one attached hydrogen (secondary N) is 1. The van der Waals surface area contributed by atoms with Gasteiger partial charge in [0, 0.05) is 17.5 Å².